The molecule has 13 heavy (non-hydrogen) atoms. The molecule has 1 aromatic rings. The van der Waals surface area contributed by atoms with Crippen molar-refractivity contribution in [3.8, 4) is 0 Å². The highest BCUT2D eigenvalue weighted by molar-refractivity contribution is 7.80. The molecule has 0 atom stereocenters. The van der Waals surface area contributed by atoms with Crippen LogP contribution in [0.1, 0.15) is 5.69 Å². The molecule has 0 aliphatic heterocycles. The Morgan fingerprint density at radius 1 is 1.77 bits per heavy atom. The third-order valence-electron chi connectivity index (χ3n) is 1.66. The van der Waals surface area contributed by atoms with Gasteiger partial charge in [-0.15, -0.1) is 0 Å². The topological polar surface area (TPSA) is 46.9 Å². The second kappa shape index (κ2) is 4.91. The number of nitrogens with one attached hydrogen (secondary N) is 1. The van der Waals surface area contributed by atoms with Gasteiger partial charge in [-0.05, 0) is 13.0 Å². The van der Waals surface area contributed by atoms with E-state index in [1.54, 1.807) is 10.9 Å². The van der Waals surface area contributed by atoms with E-state index in [2.05, 4.69) is 23.0 Å². The van der Waals surface area contributed by atoms with Crippen molar-refractivity contribution in [2.75, 3.05) is 12.3 Å². The van der Waals surface area contributed by atoms with Crippen molar-refractivity contribution in [2.24, 2.45) is 0 Å². The Hall–Kier alpha value is -0.970. The molecule has 0 unspecified atom stereocenters. The van der Waals surface area contributed by atoms with Gasteiger partial charge in [-0.3, -0.25) is 9.48 Å². The zero-order chi connectivity index (χ0) is 9.68. The van der Waals surface area contributed by atoms with Crippen molar-refractivity contribution < 1.29 is 4.79 Å². The molecule has 0 spiro atoms. The minimum atomic E-state index is -0.0270. The first-order chi connectivity index (χ1) is 6.24. The fourth-order valence-corrected chi connectivity index (χ4v) is 1.06. The van der Waals surface area contributed by atoms with Crippen LogP contribution in [0.5, 0.6) is 0 Å². The van der Waals surface area contributed by atoms with Gasteiger partial charge >= 0.3 is 0 Å². The first-order valence-corrected chi connectivity index (χ1v) is 4.73. The summed E-state index contributed by atoms with van der Waals surface area (Å²) in [5, 5.41) is 6.72. The van der Waals surface area contributed by atoms with E-state index in [0.29, 0.717) is 12.3 Å². The Balaban J connectivity index is 2.41. The van der Waals surface area contributed by atoms with Gasteiger partial charge in [0.15, 0.2) is 0 Å². The summed E-state index contributed by atoms with van der Waals surface area (Å²) < 4.78 is 1.66. The zero-order valence-electron chi connectivity index (χ0n) is 7.53. The molecule has 0 saturated carbocycles. The fraction of sp³-hybridized carbons (Fsp3) is 0.500. The van der Waals surface area contributed by atoms with Crippen LogP contribution in [0.3, 0.4) is 0 Å². The molecular weight excluding hydrogens is 186 g/mol. The minimum absolute atomic E-state index is 0.0270. The maximum Gasteiger partial charge on any atom is 0.241 e. The number of thiol groups is 1. The van der Waals surface area contributed by atoms with Gasteiger partial charge in [-0.1, -0.05) is 0 Å². The number of hydrogen-bond acceptors (Lipinski definition) is 3. The number of hydrogen-bond donors (Lipinski definition) is 2. The van der Waals surface area contributed by atoms with Gasteiger partial charge in [0.1, 0.15) is 6.54 Å². The van der Waals surface area contributed by atoms with Crippen LogP contribution in [0, 0.1) is 6.92 Å². The zero-order valence-corrected chi connectivity index (χ0v) is 8.42. The lowest BCUT2D eigenvalue weighted by molar-refractivity contribution is -0.121. The second-order valence-electron chi connectivity index (χ2n) is 2.70. The molecule has 0 aromatic carbocycles. The lowest BCUT2D eigenvalue weighted by atomic mass is 10.4. The first-order valence-electron chi connectivity index (χ1n) is 4.10. The molecule has 1 rings (SSSR count). The largest absolute Gasteiger partial charge is 0.354 e. The summed E-state index contributed by atoms with van der Waals surface area (Å²) in [5.41, 5.74) is 0.987. The summed E-state index contributed by atoms with van der Waals surface area (Å²) in [7, 11) is 0. The van der Waals surface area contributed by atoms with E-state index in [-0.39, 0.29) is 12.5 Å². The van der Waals surface area contributed by atoms with Crippen LogP contribution >= 0.6 is 12.6 Å². The van der Waals surface area contributed by atoms with Crippen molar-refractivity contribution in [1.82, 2.24) is 15.1 Å². The first kappa shape index (κ1) is 10.1. The lowest BCUT2D eigenvalue weighted by Crippen LogP contribution is -2.29. The predicted octanol–water partition coefficient (Wildman–Crippen LogP) is 0.238. The van der Waals surface area contributed by atoms with E-state index in [4.69, 9.17) is 0 Å². The molecule has 1 aromatic heterocycles. The molecule has 0 aliphatic carbocycles. The molecule has 0 bridgehead atoms. The van der Waals surface area contributed by atoms with Crippen LogP contribution in [-0.2, 0) is 11.3 Å². The maximum atomic E-state index is 11.2. The Morgan fingerprint density at radius 3 is 3.08 bits per heavy atom. The van der Waals surface area contributed by atoms with Crippen molar-refractivity contribution in [1.29, 1.82) is 0 Å². The van der Waals surface area contributed by atoms with E-state index in [9.17, 15) is 4.79 Å². The van der Waals surface area contributed by atoms with Crippen LogP contribution in [0.25, 0.3) is 0 Å². The normalized spacial score (nSPS) is 10.0. The SMILES string of the molecule is Cc1ccnn1CC(=O)NCCS. The minimum Gasteiger partial charge on any atom is -0.354 e. The van der Waals surface area contributed by atoms with Crippen LogP contribution in [0.2, 0.25) is 0 Å². The number of amides is 1. The Morgan fingerprint density at radius 2 is 2.54 bits per heavy atom. The lowest BCUT2D eigenvalue weighted by Gasteiger charge is -2.04. The van der Waals surface area contributed by atoms with E-state index < -0.39 is 0 Å². The third kappa shape index (κ3) is 3.10. The number of carbonyl (C=O) groups excluding carboxylic acids is 1. The van der Waals surface area contributed by atoms with Crippen LogP contribution in [0.4, 0.5) is 0 Å². The van der Waals surface area contributed by atoms with Gasteiger partial charge in [-0.25, -0.2) is 0 Å². The van der Waals surface area contributed by atoms with Gasteiger partial charge in [-0.2, -0.15) is 17.7 Å². The molecule has 72 valence electrons. The van der Waals surface area contributed by atoms with Gasteiger partial charge in [0, 0.05) is 24.2 Å². The standard InChI is InChI=1S/C8H13N3OS/c1-7-2-3-10-11(7)6-8(12)9-4-5-13/h2-3,13H,4-6H2,1H3,(H,9,12). The molecular formula is C8H13N3OS. The van der Waals surface area contributed by atoms with Crippen molar-refractivity contribution in [3.05, 3.63) is 18.0 Å². The summed E-state index contributed by atoms with van der Waals surface area (Å²) in [6.07, 6.45) is 1.68. The number of aryl methyl sites for hydroxylation is 1. The summed E-state index contributed by atoms with van der Waals surface area (Å²) in [6.45, 7) is 2.80. The number of nitrogens with zero attached hydrogens (tertiary/aromatic N) is 2. The highest BCUT2D eigenvalue weighted by atomic mass is 32.1. The van der Waals surface area contributed by atoms with Crippen molar-refractivity contribution in [3.63, 3.8) is 0 Å². The quantitative estimate of drug-likeness (QED) is 0.682. The second-order valence-corrected chi connectivity index (χ2v) is 3.15. The molecule has 0 aliphatic rings. The van der Waals surface area contributed by atoms with Gasteiger partial charge in [0.2, 0.25) is 5.91 Å². The summed E-state index contributed by atoms with van der Waals surface area (Å²) in [6, 6.07) is 1.87. The van der Waals surface area contributed by atoms with Gasteiger partial charge in [0.25, 0.3) is 0 Å². The summed E-state index contributed by atoms with van der Waals surface area (Å²) in [5.74, 6) is 0.630. The van der Waals surface area contributed by atoms with Gasteiger partial charge in [0.05, 0.1) is 0 Å². The third-order valence-corrected chi connectivity index (χ3v) is 1.88. The predicted molar refractivity (Wildman–Crippen MR) is 53.8 cm³/mol. The molecule has 0 radical (unpaired) electrons. The van der Waals surface area contributed by atoms with Crippen molar-refractivity contribution in [2.45, 2.75) is 13.5 Å². The smallest absolute Gasteiger partial charge is 0.241 e. The van der Waals surface area contributed by atoms with Crippen LogP contribution in [0.15, 0.2) is 12.3 Å². The molecule has 0 saturated heterocycles. The average Bonchev–Trinajstić information content (AvgIpc) is 2.48. The molecule has 4 nitrogen and oxygen atoms in total. The fourth-order valence-electron chi connectivity index (χ4n) is 0.952. The van der Waals surface area contributed by atoms with E-state index >= 15 is 0 Å². The monoisotopic (exact) mass is 199 g/mol. The molecule has 5 heteroatoms. The molecule has 1 N–H and O–H groups in total. The highest BCUT2D eigenvalue weighted by Gasteiger charge is 2.03. The number of carbonyl (C=O) groups is 1. The van der Waals surface area contributed by atoms with Crippen molar-refractivity contribution >= 4 is 18.5 Å². The van der Waals surface area contributed by atoms with Crippen LogP contribution < -0.4 is 5.32 Å². The van der Waals surface area contributed by atoms with Crippen LogP contribution in [-0.4, -0.2) is 28.0 Å². The summed E-state index contributed by atoms with van der Waals surface area (Å²) in [4.78, 5) is 11.2. The average molecular weight is 199 g/mol. The Kier molecular flexibility index (Phi) is 3.82. The highest BCUT2D eigenvalue weighted by Crippen LogP contribution is 1.94. The van der Waals surface area contributed by atoms with Gasteiger partial charge < -0.3 is 5.32 Å². The molecule has 0 fully saturated rings. The Bertz CT molecular complexity index is 285. The van der Waals surface area contributed by atoms with E-state index in [1.807, 2.05) is 13.0 Å². The maximum absolute atomic E-state index is 11.2. The summed E-state index contributed by atoms with van der Waals surface area (Å²) >= 11 is 3.99. The Labute approximate surface area is 82.7 Å². The number of aromatic nitrogens is 2. The number of rotatable bonds is 4. The van der Waals surface area contributed by atoms with E-state index in [1.165, 1.54) is 0 Å². The molecule has 1 heterocycles. The molecule has 1 amide bonds. The van der Waals surface area contributed by atoms with E-state index in [0.717, 1.165) is 5.69 Å².